The van der Waals surface area contributed by atoms with Crippen LogP contribution in [0, 0.1) is 11.8 Å². The Morgan fingerprint density at radius 3 is 2.15 bits per heavy atom. The zero-order valence-corrected chi connectivity index (χ0v) is 11.7. The van der Waals surface area contributed by atoms with Crippen molar-refractivity contribution in [2.24, 2.45) is 11.8 Å². The molecular formula is C15H23F3O2. The van der Waals surface area contributed by atoms with E-state index in [9.17, 15) is 18.3 Å². The van der Waals surface area contributed by atoms with Crippen molar-refractivity contribution >= 4 is 0 Å². The molecule has 0 aromatic heterocycles. The topological polar surface area (TPSA) is 29.5 Å². The van der Waals surface area contributed by atoms with Crippen molar-refractivity contribution in [3.63, 3.8) is 0 Å². The molecule has 1 atom stereocenters. The molecule has 3 aliphatic rings. The van der Waals surface area contributed by atoms with E-state index in [-0.39, 0.29) is 37.2 Å². The van der Waals surface area contributed by atoms with Crippen molar-refractivity contribution in [1.82, 2.24) is 0 Å². The van der Waals surface area contributed by atoms with E-state index in [2.05, 4.69) is 0 Å². The molecular weight excluding hydrogens is 269 g/mol. The first-order valence-electron chi connectivity index (χ1n) is 7.76. The van der Waals surface area contributed by atoms with Crippen LogP contribution in [0.4, 0.5) is 13.2 Å². The van der Waals surface area contributed by atoms with Gasteiger partial charge < -0.3 is 9.84 Å². The lowest BCUT2D eigenvalue weighted by molar-refractivity contribution is -0.211. The minimum Gasteiger partial charge on any atom is -0.390 e. The molecule has 0 amide bonds. The van der Waals surface area contributed by atoms with Gasteiger partial charge in [0.25, 0.3) is 0 Å². The van der Waals surface area contributed by atoms with E-state index in [1.165, 1.54) is 6.42 Å². The maximum Gasteiger partial charge on any atom is 0.391 e. The van der Waals surface area contributed by atoms with Crippen molar-refractivity contribution in [3.05, 3.63) is 0 Å². The second-order valence-corrected chi connectivity index (χ2v) is 6.99. The van der Waals surface area contributed by atoms with Gasteiger partial charge in [-0.3, -0.25) is 0 Å². The third-order valence-electron chi connectivity index (χ3n) is 5.83. The van der Waals surface area contributed by atoms with Crippen LogP contribution in [-0.4, -0.2) is 29.1 Å². The number of rotatable bonds is 1. The predicted octanol–water partition coefficient (Wildman–Crippen LogP) is 3.82. The maximum absolute atomic E-state index is 12.7. The monoisotopic (exact) mass is 292 g/mol. The first-order chi connectivity index (χ1) is 9.33. The highest BCUT2D eigenvalue weighted by Crippen LogP contribution is 2.51. The number of aliphatic hydroxyl groups is 1. The molecule has 0 aromatic rings. The number of alkyl halides is 3. The largest absolute Gasteiger partial charge is 0.391 e. The average Bonchev–Trinajstić information content (AvgIpc) is 2.36. The molecule has 1 saturated heterocycles. The fraction of sp³-hybridized carbons (Fsp3) is 1.00. The summed E-state index contributed by atoms with van der Waals surface area (Å²) in [6.07, 6.45) is 1.50. The van der Waals surface area contributed by atoms with Gasteiger partial charge in [0, 0.05) is 6.61 Å². The molecule has 5 heteroatoms. The second-order valence-electron chi connectivity index (χ2n) is 6.99. The lowest BCUT2D eigenvalue weighted by Crippen LogP contribution is -2.53. The molecule has 1 heterocycles. The van der Waals surface area contributed by atoms with Crippen molar-refractivity contribution in [2.75, 3.05) is 6.61 Å². The summed E-state index contributed by atoms with van der Waals surface area (Å²) in [5.74, 6) is -1.11. The van der Waals surface area contributed by atoms with Crippen LogP contribution in [0.5, 0.6) is 0 Å². The predicted molar refractivity (Wildman–Crippen MR) is 68.2 cm³/mol. The Labute approximate surface area is 117 Å². The van der Waals surface area contributed by atoms with Crippen LogP contribution in [0.25, 0.3) is 0 Å². The minimum absolute atomic E-state index is 0.0560. The van der Waals surface area contributed by atoms with E-state index in [1.807, 2.05) is 0 Å². The molecule has 2 nitrogen and oxygen atoms in total. The molecule has 20 heavy (non-hydrogen) atoms. The molecule has 0 aromatic carbocycles. The van der Waals surface area contributed by atoms with Gasteiger partial charge >= 0.3 is 6.18 Å². The summed E-state index contributed by atoms with van der Waals surface area (Å²) in [5, 5.41) is 10.8. The van der Waals surface area contributed by atoms with Gasteiger partial charge in [0.1, 0.15) is 0 Å². The van der Waals surface area contributed by atoms with Crippen LogP contribution in [0.1, 0.15) is 57.8 Å². The summed E-state index contributed by atoms with van der Waals surface area (Å²) in [7, 11) is 0. The zero-order chi connectivity index (χ0) is 14.4. The Hall–Kier alpha value is -0.290. The van der Waals surface area contributed by atoms with E-state index in [0.717, 1.165) is 25.7 Å². The number of halogens is 3. The van der Waals surface area contributed by atoms with Crippen LogP contribution in [0.2, 0.25) is 0 Å². The first-order valence-corrected chi connectivity index (χ1v) is 7.76. The molecule has 2 aliphatic carbocycles. The fourth-order valence-corrected chi connectivity index (χ4v) is 4.26. The Kier molecular flexibility index (Phi) is 3.57. The zero-order valence-electron chi connectivity index (χ0n) is 11.7. The van der Waals surface area contributed by atoms with Gasteiger partial charge in [-0.05, 0) is 63.7 Å². The van der Waals surface area contributed by atoms with Gasteiger partial charge in [-0.2, -0.15) is 13.2 Å². The number of ether oxygens (including phenoxy) is 1. The van der Waals surface area contributed by atoms with Crippen molar-refractivity contribution in [1.29, 1.82) is 0 Å². The van der Waals surface area contributed by atoms with Crippen LogP contribution in [0.15, 0.2) is 0 Å². The normalized spacial score (nSPS) is 41.4. The van der Waals surface area contributed by atoms with E-state index in [1.54, 1.807) is 0 Å². The summed E-state index contributed by atoms with van der Waals surface area (Å²) < 4.78 is 44.0. The van der Waals surface area contributed by atoms with Crippen LogP contribution < -0.4 is 0 Å². The average molecular weight is 292 g/mol. The SMILES string of the molecule is OC1(C2CCOC3(CCC3)C2)CCC(C(F)(F)F)CC1. The van der Waals surface area contributed by atoms with Gasteiger partial charge in [-0.25, -0.2) is 0 Å². The lowest BCUT2D eigenvalue weighted by atomic mass is 9.63. The van der Waals surface area contributed by atoms with Gasteiger partial charge in [0.15, 0.2) is 0 Å². The van der Waals surface area contributed by atoms with Gasteiger partial charge in [0.2, 0.25) is 0 Å². The van der Waals surface area contributed by atoms with E-state index >= 15 is 0 Å². The lowest BCUT2D eigenvalue weighted by Gasteiger charge is -2.52. The quantitative estimate of drug-likeness (QED) is 0.796. The molecule has 1 spiro atoms. The van der Waals surface area contributed by atoms with Crippen LogP contribution in [-0.2, 0) is 4.74 Å². The van der Waals surface area contributed by atoms with Crippen LogP contribution >= 0.6 is 0 Å². The van der Waals surface area contributed by atoms with Crippen LogP contribution in [0.3, 0.4) is 0 Å². The standard InChI is InChI=1S/C15H23F3O2/c16-15(17,18)11-2-7-14(19,8-3-11)12-4-9-20-13(10-12)5-1-6-13/h11-12,19H,1-10H2. The first kappa shape index (κ1) is 14.6. The molecule has 3 rings (SSSR count). The summed E-state index contributed by atoms with van der Waals surface area (Å²) >= 11 is 0. The Morgan fingerprint density at radius 2 is 1.65 bits per heavy atom. The highest BCUT2D eigenvalue weighted by Gasteiger charge is 2.52. The molecule has 1 unspecified atom stereocenters. The summed E-state index contributed by atoms with van der Waals surface area (Å²) in [6.45, 7) is 0.648. The minimum atomic E-state index is -4.10. The third-order valence-corrected chi connectivity index (χ3v) is 5.83. The molecule has 1 aliphatic heterocycles. The third kappa shape index (κ3) is 2.59. The molecule has 2 saturated carbocycles. The second kappa shape index (κ2) is 4.87. The van der Waals surface area contributed by atoms with Crippen molar-refractivity contribution < 1.29 is 23.0 Å². The molecule has 0 bridgehead atoms. The summed E-state index contributed by atoms with van der Waals surface area (Å²) in [6, 6.07) is 0. The van der Waals surface area contributed by atoms with Gasteiger partial charge in [-0.15, -0.1) is 0 Å². The molecule has 1 N–H and O–H groups in total. The summed E-state index contributed by atoms with van der Waals surface area (Å²) in [5.41, 5.74) is -0.951. The Balaban J connectivity index is 1.62. The van der Waals surface area contributed by atoms with Crippen molar-refractivity contribution in [2.45, 2.75) is 75.2 Å². The van der Waals surface area contributed by atoms with Gasteiger partial charge in [-0.1, -0.05) is 0 Å². The van der Waals surface area contributed by atoms with E-state index in [4.69, 9.17) is 4.74 Å². The molecule has 0 radical (unpaired) electrons. The van der Waals surface area contributed by atoms with E-state index < -0.39 is 17.7 Å². The number of hydrogen-bond donors (Lipinski definition) is 1. The molecule has 3 fully saturated rings. The van der Waals surface area contributed by atoms with Crippen molar-refractivity contribution in [3.8, 4) is 0 Å². The number of hydrogen-bond acceptors (Lipinski definition) is 2. The summed E-state index contributed by atoms with van der Waals surface area (Å²) in [4.78, 5) is 0. The smallest absolute Gasteiger partial charge is 0.390 e. The fourth-order valence-electron chi connectivity index (χ4n) is 4.26. The maximum atomic E-state index is 12.7. The van der Waals surface area contributed by atoms with Gasteiger partial charge in [0.05, 0.1) is 17.1 Å². The Morgan fingerprint density at radius 1 is 1.00 bits per heavy atom. The Bertz CT molecular complexity index is 355. The highest BCUT2D eigenvalue weighted by atomic mass is 19.4. The van der Waals surface area contributed by atoms with E-state index in [0.29, 0.717) is 6.61 Å². The highest BCUT2D eigenvalue weighted by molar-refractivity contribution is 5.01. The molecule has 116 valence electrons.